The zero-order valence-electron chi connectivity index (χ0n) is 12.6. The third-order valence-electron chi connectivity index (χ3n) is 4.08. The van der Waals surface area contributed by atoms with E-state index in [0.29, 0.717) is 30.5 Å². The van der Waals surface area contributed by atoms with Crippen LogP contribution in [0.3, 0.4) is 0 Å². The molecule has 0 aromatic heterocycles. The average Bonchev–Trinajstić information content (AvgIpc) is 2.47. The molecule has 0 saturated carbocycles. The number of nitrogens with two attached hydrogens (primary N) is 1. The molecule has 2 unspecified atom stereocenters. The number of para-hydroxylation sites is 1. The summed E-state index contributed by atoms with van der Waals surface area (Å²) < 4.78 is 5.43. The second-order valence-electron chi connectivity index (χ2n) is 5.49. The topological polar surface area (TPSA) is 81.6 Å². The number of nitro benzene ring substituents is 1. The SMILES string of the molecule is CCOc1cccc(N2CC(CN)CCC2C)c1[N+](=O)[O-]. The number of hydrogen-bond acceptors (Lipinski definition) is 5. The van der Waals surface area contributed by atoms with E-state index in [4.69, 9.17) is 10.5 Å². The molecule has 21 heavy (non-hydrogen) atoms. The first-order valence-corrected chi connectivity index (χ1v) is 7.45. The van der Waals surface area contributed by atoms with Crippen molar-refractivity contribution in [2.75, 3.05) is 24.6 Å². The van der Waals surface area contributed by atoms with Crippen LogP contribution in [-0.2, 0) is 0 Å². The molecule has 1 saturated heterocycles. The van der Waals surface area contributed by atoms with Crippen molar-refractivity contribution >= 4 is 11.4 Å². The lowest BCUT2D eigenvalue weighted by Crippen LogP contribution is -2.44. The molecule has 0 radical (unpaired) electrons. The number of piperidine rings is 1. The molecule has 6 heteroatoms. The van der Waals surface area contributed by atoms with Crippen LogP contribution in [0, 0.1) is 16.0 Å². The van der Waals surface area contributed by atoms with Crippen LogP contribution in [-0.4, -0.2) is 30.7 Å². The fraction of sp³-hybridized carbons (Fsp3) is 0.600. The summed E-state index contributed by atoms with van der Waals surface area (Å²) >= 11 is 0. The smallest absolute Gasteiger partial charge is 0.333 e. The standard InChI is InChI=1S/C15H23N3O3/c1-3-21-14-6-4-5-13(15(14)18(19)20)17-10-12(9-16)8-7-11(17)2/h4-6,11-12H,3,7-10,16H2,1-2H3. The normalized spacial score (nSPS) is 22.1. The third kappa shape index (κ3) is 3.26. The Morgan fingerprint density at radius 1 is 1.48 bits per heavy atom. The molecule has 116 valence electrons. The molecular formula is C15H23N3O3. The van der Waals surface area contributed by atoms with E-state index >= 15 is 0 Å². The van der Waals surface area contributed by atoms with E-state index in [1.807, 2.05) is 13.0 Å². The van der Waals surface area contributed by atoms with Crippen molar-refractivity contribution in [1.29, 1.82) is 0 Å². The summed E-state index contributed by atoms with van der Waals surface area (Å²) in [6.45, 7) is 5.70. The minimum Gasteiger partial charge on any atom is -0.487 e. The highest BCUT2D eigenvalue weighted by atomic mass is 16.6. The number of nitrogens with zero attached hydrogens (tertiary/aromatic N) is 2. The van der Waals surface area contributed by atoms with Crippen molar-refractivity contribution in [2.45, 2.75) is 32.7 Å². The molecule has 1 heterocycles. The minimum atomic E-state index is -0.348. The number of rotatable bonds is 5. The van der Waals surface area contributed by atoms with Crippen LogP contribution < -0.4 is 15.4 Å². The predicted octanol–water partition coefficient (Wildman–Crippen LogP) is 2.56. The Kier molecular flexibility index (Phi) is 5.01. The molecule has 2 rings (SSSR count). The Bertz CT molecular complexity index is 507. The van der Waals surface area contributed by atoms with E-state index in [1.165, 1.54) is 0 Å². The van der Waals surface area contributed by atoms with Gasteiger partial charge in [-0.05, 0) is 51.3 Å². The van der Waals surface area contributed by atoms with Crippen molar-refractivity contribution < 1.29 is 9.66 Å². The van der Waals surface area contributed by atoms with Gasteiger partial charge in [-0.1, -0.05) is 6.07 Å². The molecule has 1 aliphatic rings. The molecule has 6 nitrogen and oxygen atoms in total. The molecule has 2 atom stereocenters. The fourth-order valence-electron chi connectivity index (χ4n) is 2.91. The van der Waals surface area contributed by atoms with Gasteiger partial charge in [-0.25, -0.2) is 0 Å². The zero-order valence-corrected chi connectivity index (χ0v) is 12.6. The highest BCUT2D eigenvalue weighted by molar-refractivity contribution is 5.70. The van der Waals surface area contributed by atoms with E-state index in [9.17, 15) is 10.1 Å². The number of nitro groups is 1. The Hall–Kier alpha value is -1.82. The second kappa shape index (κ2) is 6.76. The molecule has 0 aliphatic carbocycles. The lowest BCUT2D eigenvalue weighted by atomic mass is 9.93. The summed E-state index contributed by atoms with van der Waals surface area (Å²) in [7, 11) is 0. The van der Waals surface area contributed by atoms with Crippen molar-refractivity contribution in [3.8, 4) is 5.75 Å². The van der Waals surface area contributed by atoms with Crippen molar-refractivity contribution in [3.05, 3.63) is 28.3 Å². The lowest BCUT2D eigenvalue weighted by Gasteiger charge is -2.39. The highest BCUT2D eigenvalue weighted by Gasteiger charge is 2.31. The Balaban J connectivity index is 2.41. The van der Waals surface area contributed by atoms with Gasteiger partial charge in [0.05, 0.1) is 11.5 Å². The maximum atomic E-state index is 11.5. The quantitative estimate of drug-likeness (QED) is 0.666. The fourth-order valence-corrected chi connectivity index (χ4v) is 2.91. The van der Waals surface area contributed by atoms with Gasteiger partial charge in [-0.15, -0.1) is 0 Å². The van der Waals surface area contributed by atoms with Crippen molar-refractivity contribution in [1.82, 2.24) is 0 Å². The zero-order chi connectivity index (χ0) is 15.4. The molecule has 0 bridgehead atoms. The van der Waals surface area contributed by atoms with Gasteiger partial charge in [0.25, 0.3) is 0 Å². The van der Waals surface area contributed by atoms with Crippen LogP contribution in [0.2, 0.25) is 0 Å². The maximum absolute atomic E-state index is 11.5. The van der Waals surface area contributed by atoms with Crippen LogP contribution in [0.15, 0.2) is 18.2 Å². The van der Waals surface area contributed by atoms with Crippen LogP contribution in [0.4, 0.5) is 11.4 Å². The molecule has 1 aliphatic heterocycles. The van der Waals surface area contributed by atoms with E-state index in [2.05, 4.69) is 11.8 Å². The number of ether oxygens (including phenoxy) is 1. The average molecular weight is 293 g/mol. The van der Waals surface area contributed by atoms with Crippen molar-refractivity contribution in [3.63, 3.8) is 0 Å². The molecule has 1 aromatic carbocycles. The summed E-state index contributed by atoms with van der Waals surface area (Å²) in [5.74, 6) is 0.721. The van der Waals surface area contributed by atoms with Gasteiger partial charge in [-0.2, -0.15) is 0 Å². The van der Waals surface area contributed by atoms with Gasteiger partial charge in [-0.3, -0.25) is 10.1 Å². The first-order valence-electron chi connectivity index (χ1n) is 7.45. The first-order chi connectivity index (χ1) is 10.1. The highest BCUT2D eigenvalue weighted by Crippen LogP contribution is 2.40. The van der Waals surface area contributed by atoms with Crippen LogP contribution in [0.25, 0.3) is 0 Å². The van der Waals surface area contributed by atoms with Gasteiger partial charge in [0.2, 0.25) is 0 Å². The molecule has 1 fully saturated rings. The molecule has 2 N–H and O–H groups in total. The van der Waals surface area contributed by atoms with E-state index < -0.39 is 0 Å². The monoisotopic (exact) mass is 293 g/mol. The summed E-state index contributed by atoms with van der Waals surface area (Å²) in [5, 5.41) is 11.5. The molecule has 1 aromatic rings. The molecule has 0 spiro atoms. The largest absolute Gasteiger partial charge is 0.487 e. The number of benzene rings is 1. The second-order valence-corrected chi connectivity index (χ2v) is 5.49. The third-order valence-corrected chi connectivity index (χ3v) is 4.08. The van der Waals surface area contributed by atoms with E-state index in [-0.39, 0.29) is 16.7 Å². The minimum absolute atomic E-state index is 0.0591. The molecule has 0 amide bonds. The number of hydrogen-bond donors (Lipinski definition) is 1. The number of anilines is 1. The summed E-state index contributed by atoms with van der Waals surface area (Å²) in [4.78, 5) is 13.2. The Labute approximate surface area is 125 Å². The molecular weight excluding hydrogens is 270 g/mol. The predicted molar refractivity (Wildman–Crippen MR) is 82.9 cm³/mol. The summed E-state index contributed by atoms with van der Waals surface area (Å²) in [5.41, 5.74) is 6.47. The summed E-state index contributed by atoms with van der Waals surface area (Å²) in [6, 6.07) is 5.53. The van der Waals surface area contributed by atoms with Crippen LogP contribution in [0.1, 0.15) is 26.7 Å². The van der Waals surface area contributed by atoms with Gasteiger partial charge in [0, 0.05) is 12.6 Å². The maximum Gasteiger partial charge on any atom is 0.333 e. The Morgan fingerprint density at radius 2 is 2.24 bits per heavy atom. The Morgan fingerprint density at radius 3 is 2.86 bits per heavy atom. The van der Waals surface area contributed by atoms with E-state index in [1.54, 1.807) is 12.1 Å². The summed E-state index contributed by atoms with van der Waals surface area (Å²) in [6.07, 6.45) is 2.07. The first kappa shape index (κ1) is 15.6. The lowest BCUT2D eigenvalue weighted by molar-refractivity contribution is -0.385. The van der Waals surface area contributed by atoms with Crippen LogP contribution >= 0.6 is 0 Å². The van der Waals surface area contributed by atoms with Gasteiger partial charge < -0.3 is 15.4 Å². The van der Waals surface area contributed by atoms with E-state index in [0.717, 1.165) is 19.4 Å². The van der Waals surface area contributed by atoms with Gasteiger partial charge >= 0.3 is 5.69 Å². The van der Waals surface area contributed by atoms with Crippen molar-refractivity contribution in [2.24, 2.45) is 11.7 Å². The van der Waals surface area contributed by atoms with Crippen LogP contribution in [0.5, 0.6) is 5.75 Å². The van der Waals surface area contributed by atoms with Gasteiger partial charge in [0.1, 0.15) is 5.69 Å². The van der Waals surface area contributed by atoms with Gasteiger partial charge in [0.15, 0.2) is 5.75 Å².